The molecule has 1 amide bonds. The molecule has 0 spiro atoms. The fourth-order valence-electron chi connectivity index (χ4n) is 2.31. The van der Waals surface area contributed by atoms with Gasteiger partial charge in [-0.05, 0) is 32.3 Å². The number of amides is 1. The number of nitrogen functional groups attached to an aromatic ring is 1. The van der Waals surface area contributed by atoms with Gasteiger partial charge in [-0.15, -0.1) is 37.2 Å². The lowest BCUT2D eigenvalue weighted by Crippen LogP contribution is -2.54. The number of carbonyl (C=O) groups is 1. The Hall–Kier alpha value is -0.720. The first-order valence-corrected chi connectivity index (χ1v) is 6.59. The third-order valence-corrected chi connectivity index (χ3v) is 3.63. The number of nitrogens with one attached hydrogen (secondary N) is 1. The first kappa shape index (κ1) is 23.5. The van der Waals surface area contributed by atoms with Crippen molar-refractivity contribution in [3.8, 4) is 0 Å². The van der Waals surface area contributed by atoms with Crippen LogP contribution in [0.25, 0.3) is 0 Å². The van der Waals surface area contributed by atoms with Crippen molar-refractivity contribution >= 4 is 48.8 Å². The Bertz CT molecular complexity index is 461. The van der Waals surface area contributed by atoms with Gasteiger partial charge in [0.1, 0.15) is 0 Å². The van der Waals surface area contributed by atoms with Gasteiger partial charge in [-0.1, -0.05) is 6.07 Å². The number of hydrogen-bond donors (Lipinski definition) is 2. The van der Waals surface area contributed by atoms with E-state index in [1.807, 2.05) is 0 Å². The van der Waals surface area contributed by atoms with E-state index in [4.69, 9.17) is 5.73 Å². The van der Waals surface area contributed by atoms with E-state index in [9.17, 15) is 4.79 Å². The number of halogens is 3. The van der Waals surface area contributed by atoms with E-state index in [1.54, 1.807) is 24.3 Å². The van der Waals surface area contributed by atoms with Gasteiger partial charge < -0.3 is 16.0 Å². The van der Waals surface area contributed by atoms with Crippen LogP contribution in [0.15, 0.2) is 24.3 Å². The van der Waals surface area contributed by atoms with Crippen molar-refractivity contribution in [1.29, 1.82) is 0 Å². The highest BCUT2D eigenvalue weighted by molar-refractivity contribution is 5.95. The summed E-state index contributed by atoms with van der Waals surface area (Å²) in [7, 11) is 4.21. The molecule has 1 saturated heterocycles. The smallest absolute Gasteiger partial charge is 0.251 e. The Labute approximate surface area is 150 Å². The van der Waals surface area contributed by atoms with Gasteiger partial charge in [0.2, 0.25) is 0 Å². The molecule has 0 saturated carbocycles. The molecule has 5 nitrogen and oxygen atoms in total. The largest absolute Gasteiger partial charge is 0.399 e. The van der Waals surface area contributed by atoms with Gasteiger partial charge in [0.15, 0.2) is 0 Å². The fourth-order valence-corrected chi connectivity index (χ4v) is 2.31. The molecule has 0 aliphatic carbocycles. The predicted octanol–water partition coefficient (Wildman–Crippen LogP) is 1.51. The molecule has 1 aliphatic rings. The summed E-state index contributed by atoms with van der Waals surface area (Å²) in [5, 5.41) is 2.98. The third kappa shape index (κ3) is 6.58. The van der Waals surface area contributed by atoms with Gasteiger partial charge in [0, 0.05) is 43.5 Å². The molecule has 1 unspecified atom stereocenters. The van der Waals surface area contributed by atoms with Gasteiger partial charge in [0.25, 0.3) is 5.91 Å². The molecule has 1 aromatic carbocycles. The van der Waals surface area contributed by atoms with Crippen LogP contribution >= 0.6 is 37.2 Å². The number of rotatable bonds is 3. The third-order valence-electron chi connectivity index (χ3n) is 3.63. The average molecular weight is 372 g/mol. The fraction of sp³-hybridized carbons (Fsp3) is 0.500. The van der Waals surface area contributed by atoms with Crippen LogP contribution < -0.4 is 11.1 Å². The second-order valence-corrected chi connectivity index (χ2v) is 5.23. The highest BCUT2D eigenvalue weighted by atomic mass is 35.5. The maximum atomic E-state index is 12.0. The standard InChI is InChI=1S/C14H22N4O.3ClH/c1-17-6-7-18(2)13(10-17)9-16-14(19)11-4-3-5-12(15)8-11;;;/h3-5,8,13H,6-7,9-10,15H2,1-2H3,(H,16,19);3*1H. The van der Waals surface area contributed by atoms with E-state index in [2.05, 4.69) is 29.2 Å². The molecule has 1 aromatic rings. The number of anilines is 1. The summed E-state index contributed by atoms with van der Waals surface area (Å²) >= 11 is 0. The molecule has 0 aromatic heterocycles. The van der Waals surface area contributed by atoms with Crippen molar-refractivity contribution in [2.24, 2.45) is 0 Å². The van der Waals surface area contributed by atoms with Crippen LogP contribution in [-0.4, -0.2) is 62.0 Å². The van der Waals surface area contributed by atoms with Gasteiger partial charge in [0.05, 0.1) is 0 Å². The zero-order valence-corrected chi connectivity index (χ0v) is 15.3. The van der Waals surface area contributed by atoms with Gasteiger partial charge in [-0.2, -0.15) is 0 Å². The second-order valence-electron chi connectivity index (χ2n) is 5.23. The summed E-state index contributed by atoms with van der Waals surface area (Å²) in [4.78, 5) is 16.6. The number of nitrogens with zero attached hydrogens (tertiary/aromatic N) is 2. The maximum Gasteiger partial charge on any atom is 0.251 e. The summed E-state index contributed by atoms with van der Waals surface area (Å²) in [6.45, 7) is 3.76. The molecule has 1 aliphatic heterocycles. The Morgan fingerprint density at radius 3 is 2.59 bits per heavy atom. The van der Waals surface area contributed by atoms with Crippen LogP contribution in [0.2, 0.25) is 0 Å². The monoisotopic (exact) mass is 370 g/mol. The van der Waals surface area contributed by atoms with E-state index < -0.39 is 0 Å². The highest BCUT2D eigenvalue weighted by Crippen LogP contribution is 2.08. The lowest BCUT2D eigenvalue weighted by atomic mass is 10.1. The summed E-state index contributed by atoms with van der Waals surface area (Å²) in [5.41, 5.74) is 6.91. The van der Waals surface area contributed by atoms with E-state index >= 15 is 0 Å². The Balaban J connectivity index is 0. The number of piperazine rings is 1. The van der Waals surface area contributed by atoms with Gasteiger partial charge in [-0.25, -0.2) is 0 Å². The molecule has 3 N–H and O–H groups in total. The lowest BCUT2D eigenvalue weighted by Gasteiger charge is -2.37. The van der Waals surface area contributed by atoms with E-state index in [-0.39, 0.29) is 43.1 Å². The molecule has 2 rings (SSSR count). The molecule has 128 valence electrons. The van der Waals surface area contributed by atoms with Crippen LogP contribution in [0.1, 0.15) is 10.4 Å². The van der Waals surface area contributed by atoms with E-state index in [0.29, 0.717) is 23.8 Å². The number of nitrogens with two attached hydrogens (primary N) is 1. The van der Waals surface area contributed by atoms with Crippen LogP contribution in [0.3, 0.4) is 0 Å². The van der Waals surface area contributed by atoms with Crippen LogP contribution in [0, 0.1) is 0 Å². The minimum atomic E-state index is -0.0612. The number of hydrogen-bond acceptors (Lipinski definition) is 4. The molecule has 1 fully saturated rings. The van der Waals surface area contributed by atoms with Crippen molar-refractivity contribution in [3.63, 3.8) is 0 Å². The predicted molar refractivity (Wildman–Crippen MR) is 98.8 cm³/mol. The van der Waals surface area contributed by atoms with Crippen molar-refractivity contribution in [3.05, 3.63) is 29.8 Å². The normalized spacial score (nSPS) is 18.4. The molecule has 22 heavy (non-hydrogen) atoms. The number of carbonyl (C=O) groups excluding carboxylic acids is 1. The second kappa shape index (κ2) is 10.9. The zero-order chi connectivity index (χ0) is 13.8. The topological polar surface area (TPSA) is 61.6 Å². The molecule has 0 radical (unpaired) electrons. The van der Waals surface area contributed by atoms with Crippen LogP contribution in [0.5, 0.6) is 0 Å². The molecular formula is C14H25Cl3N4O. The van der Waals surface area contributed by atoms with Crippen molar-refractivity contribution in [2.45, 2.75) is 6.04 Å². The first-order chi connectivity index (χ1) is 9.06. The van der Waals surface area contributed by atoms with Crippen molar-refractivity contribution in [2.75, 3.05) is 46.0 Å². The lowest BCUT2D eigenvalue weighted by molar-refractivity contribution is 0.0881. The first-order valence-electron chi connectivity index (χ1n) is 6.59. The molecular weight excluding hydrogens is 347 g/mol. The Kier molecular flexibility index (Phi) is 11.7. The molecule has 8 heteroatoms. The molecule has 0 bridgehead atoms. The quantitative estimate of drug-likeness (QED) is 0.791. The van der Waals surface area contributed by atoms with E-state index in [1.165, 1.54) is 0 Å². The van der Waals surface area contributed by atoms with Crippen LogP contribution in [-0.2, 0) is 0 Å². The minimum absolute atomic E-state index is 0. The van der Waals surface area contributed by atoms with Crippen LogP contribution in [0.4, 0.5) is 5.69 Å². The van der Waals surface area contributed by atoms with Gasteiger partial charge in [-0.3, -0.25) is 9.69 Å². The van der Waals surface area contributed by atoms with E-state index in [0.717, 1.165) is 19.6 Å². The number of benzene rings is 1. The Morgan fingerprint density at radius 2 is 1.95 bits per heavy atom. The Morgan fingerprint density at radius 1 is 1.27 bits per heavy atom. The van der Waals surface area contributed by atoms with Crippen molar-refractivity contribution < 1.29 is 4.79 Å². The average Bonchev–Trinajstić information content (AvgIpc) is 2.39. The van der Waals surface area contributed by atoms with Crippen molar-refractivity contribution in [1.82, 2.24) is 15.1 Å². The number of likely N-dealkylation sites (N-methyl/N-ethyl adjacent to an activating group) is 2. The SMILES string of the molecule is CN1CCN(C)C(CNC(=O)c2cccc(N)c2)C1.Cl.Cl.Cl. The van der Waals surface area contributed by atoms with Gasteiger partial charge >= 0.3 is 0 Å². The maximum absolute atomic E-state index is 12.0. The zero-order valence-electron chi connectivity index (χ0n) is 12.8. The summed E-state index contributed by atoms with van der Waals surface area (Å²) in [5.74, 6) is -0.0612. The highest BCUT2D eigenvalue weighted by Gasteiger charge is 2.22. The minimum Gasteiger partial charge on any atom is -0.399 e. The summed E-state index contributed by atoms with van der Waals surface area (Å²) < 4.78 is 0. The summed E-state index contributed by atoms with van der Waals surface area (Å²) in [6, 6.07) is 7.42. The summed E-state index contributed by atoms with van der Waals surface area (Å²) in [6.07, 6.45) is 0. The molecule has 1 heterocycles. The molecule has 1 atom stereocenters.